The van der Waals surface area contributed by atoms with E-state index in [0.29, 0.717) is 0 Å². The van der Waals surface area contributed by atoms with Crippen molar-refractivity contribution in [1.82, 2.24) is 0 Å². The highest BCUT2D eigenvalue weighted by molar-refractivity contribution is 5.01. The van der Waals surface area contributed by atoms with Crippen molar-refractivity contribution >= 4 is 0 Å². The van der Waals surface area contributed by atoms with Gasteiger partial charge in [0, 0.05) is 56.9 Å². The molecule has 0 saturated carbocycles. The third-order valence-electron chi connectivity index (χ3n) is 5.71. The summed E-state index contributed by atoms with van der Waals surface area (Å²) in [7, 11) is 12.6. The van der Waals surface area contributed by atoms with Crippen LogP contribution in [-0.2, 0) is 52.1 Å². The van der Waals surface area contributed by atoms with E-state index < -0.39 is 54.8 Å². The lowest BCUT2D eigenvalue weighted by Crippen LogP contribution is -2.64. The summed E-state index contributed by atoms with van der Waals surface area (Å²) in [5.41, 5.74) is 0. The van der Waals surface area contributed by atoms with E-state index in [1.54, 1.807) is 56.9 Å². The molecule has 0 N–H and O–H groups in total. The maximum atomic E-state index is 6.45. The highest BCUT2D eigenvalue weighted by Gasteiger charge is 2.60. The SMILES string of the molecule is COCC1O[C@H](O[C@@]2(COC)O[C@H](COC)[C@H](OC)C2OC)C(OC)[C@@H](OC)[C@@H]1OC. The predicted molar refractivity (Wildman–Crippen MR) is 107 cm³/mol. The van der Waals surface area contributed by atoms with Gasteiger partial charge >= 0.3 is 0 Å². The fraction of sp³-hybridized carbons (Fsp3) is 1.00. The summed E-state index contributed by atoms with van der Waals surface area (Å²) in [4.78, 5) is 0. The van der Waals surface area contributed by atoms with Gasteiger partial charge in [-0.2, -0.15) is 0 Å². The van der Waals surface area contributed by atoms with Gasteiger partial charge < -0.3 is 52.1 Å². The molecule has 2 fully saturated rings. The Balaban J connectivity index is 2.38. The Bertz CT molecular complexity index is 510. The van der Waals surface area contributed by atoms with Crippen molar-refractivity contribution in [2.45, 2.75) is 54.8 Å². The maximum Gasteiger partial charge on any atom is 0.224 e. The van der Waals surface area contributed by atoms with Crippen LogP contribution in [0.2, 0.25) is 0 Å². The van der Waals surface area contributed by atoms with E-state index >= 15 is 0 Å². The molecule has 2 heterocycles. The Labute approximate surface area is 184 Å². The first-order valence-corrected chi connectivity index (χ1v) is 10.1. The number of hydrogen-bond acceptors (Lipinski definition) is 11. The zero-order chi connectivity index (χ0) is 23.0. The summed E-state index contributed by atoms with van der Waals surface area (Å²) < 4.78 is 63.5. The molecule has 0 aromatic carbocycles. The van der Waals surface area contributed by atoms with E-state index in [9.17, 15) is 0 Å². The van der Waals surface area contributed by atoms with Gasteiger partial charge in [0.25, 0.3) is 0 Å². The van der Waals surface area contributed by atoms with Crippen LogP contribution in [0.5, 0.6) is 0 Å². The van der Waals surface area contributed by atoms with E-state index in [-0.39, 0.29) is 19.8 Å². The van der Waals surface area contributed by atoms with Crippen molar-refractivity contribution in [1.29, 1.82) is 0 Å². The van der Waals surface area contributed by atoms with Crippen molar-refractivity contribution in [2.75, 3.05) is 76.7 Å². The van der Waals surface area contributed by atoms with E-state index in [0.717, 1.165) is 0 Å². The monoisotopic (exact) mass is 454 g/mol. The van der Waals surface area contributed by atoms with Gasteiger partial charge in [0.15, 0.2) is 6.29 Å². The first kappa shape index (κ1) is 26.8. The van der Waals surface area contributed by atoms with Crippen LogP contribution in [0.1, 0.15) is 0 Å². The minimum Gasteiger partial charge on any atom is -0.382 e. The van der Waals surface area contributed by atoms with Gasteiger partial charge in [0.1, 0.15) is 49.3 Å². The molecule has 11 nitrogen and oxygen atoms in total. The van der Waals surface area contributed by atoms with Crippen LogP contribution in [0.3, 0.4) is 0 Å². The number of ether oxygens (including phenoxy) is 11. The van der Waals surface area contributed by atoms with Gasteiger partial charge in [0.2, 0.25) is 5.79 Å². The average Bonchev–Trinajstić information content (AvgIpc) is 3.05. The molecule has 3 unspecified atom stereocenters. The number of rotatable bonds is 13. The molecular weight excluding hydrogens is 416 g/mol. The summed E-state index contributed by atoms with van der Waals surface area (Å²) in [6.07, 6.45) is -4.42. The second kappa shape index (κ2) is 12.7. The fourth-order valence-corrected chi connectivity index (χ4v) is 4.43. The van der Waals surface area contributed by atoms with Crippen molar-refractivity contribution in [3.05, 3.63) is 0 Å². The van der Waals surface area contributed by atoms with Crippen LogP contribution in [0.4, 0.5) is 0 Å². The minimum absolute atomic E-state index is 0.0577. The second-order valence-corrected chi connectivity index (χ2v) is 7.43. The van der Waals surface area contributed by atoms with Crippen LogP contribution in [-0.4, -0.2) is 132 Å². The van der Waals surface area contributed by atoms with E-state index in [1.165, 1.54) is 0 Å². The molecule has 184 valence electrons. The molecule has 2 aliphatic rings. The Hall–Kier alpha value is -0.440. The first-order chi connectivity index (χ1) is 15.0. The minimum atomic E-state index is -1.34. The number of hydrogen-bond donors (Lipinski definition) is 0. The van der Waals surface area contributed by atoms with Crippen LogP contribution in [0.25, 0.3) is 0 Å². The summed E-state index contributed by atoms with van der Waals surface area (Å²) in [5, 5.41) is 0. The molecule has 2 aliphatic heterocycles. The zero-order valence-corrected chi connectivity index (χ0v) is 19.7. The van der Waals surface area contributed by atoms with Crippen molar-refractivity contribution in [2.24, 2.45) is 0 Å². The number of methoxy groups -OCH3 is 8. The van der Waals surface area contributed by atoms with Gasteiger partial charge in [-0.3, -0.25) is 0 Å². The highest BCUT2D eigenvalue weighted by Crippen LogP contribution is 2.40. The molecular formula is C20H38O11. The molecule has 31 heavy (non-hydrogen) atoms. The third-order valence-corrected chi connectivity index (χ3v) is 5.71. The lowest BCUT2D eigenvalue weighted by molar-refractivity contribution is -0.390. The molecule has 0 radical (unpaired) electrons. The van der Waals surface area contributed by atoms with Gasteiger partial charge in [-0.1, -0.05) is 0 Å². The standard InChI is InChI=1S/C20H38O11/c1-21-9-12-14(24-4)16(26-6)17(27-7)19(29-12)31-20(11-23-3)18(28-8)15(25-5)13(30-20)10-22-2/h12-19H,9-11H2,1-8H3/t12?,13-,14-,15+,16+,17?,18?,19-,20-/m1/s1. The third kappa shape index (κ3) is 5.56. The fourth-order valence-electron chi connectivity index (χ4n) is 4.43. The van der Waals surface area contributed by atoms with Crippen LogP contribution in [0.15, 0.2) is 0 Å². The molecule has 0 bridgehead atoms. The second-order valence-electron chi connectivity index (χ2n) is 7.43. The molecule has 0 aliphatic carbocycles. The molecule has 2 saturated heterocycles. The first-order valence-electron chi connectivity index (χ1n) is 10.1. The van der Waals surface area contributed by atoms with E-state index in [2.05, 4.69) is 0 Å². The average molecular weight is 455 g/mol. The van der Waals surface area contributed by atoms with Gasteiger partial charge in [0.05, 0.1) is 13.2 Å². The quantitative estimate of drug-likeness (QED) is 0.371. The topological polar surface area (TPSA) is 102 Å². The Morgan fingerprint density at radius 1 is 0.613 bits per heavy atom. The lowest BCUT2D eigenvalue weighted by atomic mass is 9.98. The molecule has 0 aromatic rings. The maximum absolute atomic E-state index is 6.45. The van der Waals surface area contributed by atoms with Crippen molar-refractivity contribution in [3.8, 4) is 0 Å². The summed E-state index contributed by atoms with van der Waals surface area (Å²) in [6, 6.07) is 0. The molecule has 0 spiro atoms. The summed E-state index contributed by atoms with van der Waals surface area (Å²) in [5.74, 6) is -1.34. The van der Waals surface area contributed by atoms with Crippen LogP contribution >= 0.6 is 0 Å². The highest BCUT2D eigenvalue weighted by atomic mass is 16.8. The van der Waals surface area contributed by atoms with Gasteiger partial charge in [-0.25, -0.2) is 0 Å². The van der Waals surface area contributed by atoms with Crippen LogP contribution in [0, 0.1) is 0 Å². The van der Waals surface area contributed by atoms with E-state index in [1.807, 2.05) is 0 Å². The van der Waals surface area contributed by atoms with Crippen LogP contribution < -0.4 is 0 Å². The van der Waals surface area contributed by atoms with Gasteiger partial charge in [-0.05, 0) is 0 Å². The lowest BCUT2D eigenvalue weighted by Gasteiger charge is -2.47. The van der Waals surface area contributed by atoms with Crippen molar-refractivity contribution < 1.29 is 52.1 Å². The van der Waals surface area contributed by atoms with Gasteiger partial charge in [-0.15, -0.1) is 0 Å². The Morgan fingerprint density at radius 2 is 1.19 bits per heavy atom. The molecule has 0 aromatic heterocycles. The predicted octanol–water partition coefficient (Wildman–Crippen LogP) is -0.163. The van der Waals surface area contributed by atoms with Crippen molar-refractivity contribution in [3.63, 3.8) is 0 Å². The molecule has 9 atom stereocenters. The smallest absolute Gasteiger partial charge is 0.224 e. The molecule has 0 amide bonds. The molecule has 11 heteroatoms. The zero-order valence-electron chi connectivity index (χ0n) is 19.7. The Kier molecular flexibility index (Phi) is 11.0. The normalized spacial score (nSPS) is 41.0. The van der Waals surface area contributed by atoms with E-state index in [4.69, 9.17) is 52.1 Å². The summed E-state index contributed by atoms with van der Waals surface area (Å²) in [6.45, 7) is 0.612. The Morgan fingerprint density at radius 3 is 1.68 bits per heavy atom. The molecule has 2 rings (SSSR count). The summed E-state index contributed by atoms with van der Waals surface area (Å²) >= 11 is 0. The largest absolute Gasteiger partial charge is 0.382 e.